The third-order valence-electron chi connectivity index (χ3n) is 3.01. The van der Waals surface area contributed by atoms with Crippen molar-refractivity contribution in [3.63, 3.8) is 0 Å². The fourth-order valence-corrected chi connectivity index (χ4v) is 2.29. The molecule has 26 heavy (non-hydrogen) atoms. The van der Waals surface area contributed by atoms with Crippen LogP contribution in [0.1, 0.15) is 10.4 Å². The molecule has 0 aliphatic rings. The van der Waals surface area contributed by atoms with E-state index >= 15 is 0 Å². The lowest BCUT2D eigenvalue weighted by molar-refractivity contribution is -0.120. The summed E-state index contributed by atoms with van der Waals surface area (Å²) in [5.74, 6) is -1.48. The Morgan fingerprint density at radius 2 is 1.69 bits per heavy atom. The smallest absolute Gasteiger partial charge is 0.338 e. The maximum absolute atomic E-state index is 11.9. The predicted molar refractivity (Wildman–Crippen MR) is 96.5 cm³/mol. The number of benzene rings is 2. The number of anilines is 1. The third kappa shape index (κ3) is 5.94. The molecule has 0 atom stereocenters. The van der Waals surface area contributed by atoms with Gasteiger partial charge in [0.2, 0.25) is 0 Å². The van der Waals surface area contributed by atoms with Crippen LogP contribution < -0.4 is 15.8 Å². The van der Waals surface area contributed by atoms with Gasteiger partial charge in [-0.2, -0.15) is 0 Å². The van der Waals surface area contributed by atoms with Crippen molar-refractivity contribution in [2.45, 2.75) is 0 Å². The Kier molecular flexibility index (Phi) is 6.82. The molecule has 0 radical (unpaired) electrons. The van der Waals surface area contributed by atoms with E-state index in [9.17, 15) is 14.4 Å². The van der Waals surface area contributed by atoms with Crippen molar-refractivity contribution >= 4 is 46.7 Å². The van der Waals surface area contributed by atoms with E-state index in [4.69, 9.17) is 38.4 Å². The highest BCUT2D eigenvalue weighted by molar-refractivity contribution is 6.36. The number of carbonyl (C=O) groups excluding carboxylic acids is 3. The molecule has 0 unspecified atom stereocenters. The SMILES string of the molecule is NC(=O)COc1ccc(C(=O)OCC(=O)Nc2ccc(Cl)cc2Cl)cc1. The number of halogens is 2. The first-order chi connectivity index (χ1) is 12.3. The summed E-state index contributed by atoms with van der Waals surface area (Å²) in [5, 5.41) is 3.21. The van der Waals surface area contributed by atoms with Gasteiger partial charge in [-0.1, -0.05) is 23.2 Å². The molecule has 2 amide bonds. The molecule has 2 aromatic carbocycles. The maximum atomic E-state index is 11.9. The molecule has 2 rings (SSSR count). The van der Waals surface area contributed by atoms with Crippen molar-refractivity contribution in [1.29, 1.82) is 0 Å². The highest BCUT2D eigenvalue weighted by atomic mass is 35.5. The molecule has 0 spiro atoms. The van der Waals surface area contributed by atoms with Crippen molar-refractivity contribution in [3.05, 3.63) is 58.1 Å². The molecule has 7 nitrogen and oxygen atoms in total. The van der Waals surface area contributed by atoms with Crippen LogP contribution in [-0.2, 0) is 14.3 Å². The average molecular weight is 397 g/mol. The first kappa shape index (κ1) is 19.6. The van der Waals surface area contributed by atoms with E-state index < -0.39 is 24.4 Å². The Labute approximate surface area is 159 Å². The van der Waals surface area contributed by atoms with Gasteiger partial charge in [0, 0.05) is 5.02 Å². The Morgan fingerprint density at radius 3 is 2.31 bits per heavy atom. The summed E-state index contributed by atoms with van der Waals surface area (Å²) in [5.41, 5.74) is 5.54. The van der Waals surface area contributed by atoms with Crippen LogP contribution in [0.15, 0.2) is 42.5 Å². The van der Waals surface area contributed by atoms with Crippen molar-refractivity contribution in [1.82, 2.24) is 0 Å². The first-order valence-electron chi connectivity index (χ1n) is 7.28. The number of nitrogens with two attached hydrogens (primary N) is 1. The van der Waals surface area contributed by atoms with Crippen LogP contribution in [0.4, 0.5) is 5.69 Å². The molecular weight excluding hydrogens is 383 g/mol. The lowest BCUT2D eigenvalue weighted by Crippen LogP contribution is -2.21. The molecule has 136 valence electrons. The Bertz CT molecular complexity index is 824. The quantitative estimate of drug-likeness (QED) is 0.699. The standard InChI is InChI=1S/C17H14Cl2N2O5/c18-11-3-6-14(13(19)7-11)21-16(23)9-26-17(24)10-1-4-12(5-2-10)25-8-15(20)22/h1-7H,8-9H2,(H2,20,22)(H,21,23). The van der Waals surface area contributed by atoms with Crippen molar-refractivity contribution < 1.29 is 23.9 Å². The lowest BCUT2D eigenvalue weighted by Gasteiger charge is -2.09. The molecule has 0 bridgehead atoms. The van der Waals surface area contributed by atoms with Gasteiger partial charge in [0.15, 0.2) is 13.2 Å². The number of amides is 2. The zero-order valence-electron chi connectivity index (χ0n) is 13.3. The van der Waals surface area contributed by atoms with E-state index in [1.165, 1.54) is 36.4 Å². The topological polar surface area (TPSA) is 108 Å². The fourth-order valence-electron chi connectivity index (χ4n) is 1.83. The molecular formula is C17H14Cl2N2O5. The van der Waals surface area contributed by atoms with Crippen LogP contribution in [0.5, 0.6) is 5.75 Å². The highest BCUT2D eigenvalue weighted by Gasteiger charge is 2.12. The van der Waals surface area contributed by atoms with Gasteiger partial charge < -0.3 is 20.5 Å². The van der Waals surface area contributed by atoms with Gasteiger partial charge in [-0.05, 0) is 42.5 Å². The van der Waals surface area contributed by atoms with E-state index in [0.29, 0.717) is 16.5 Å². The zero-order chi connectivity index (χ0) is 19.1. The van der Waals surface area contributed by atoms with Gasteiger partial charge in [0.1, 0.15) is 5.75 Å². The van der Waals surface area contributed by atoms with Crippen molar-refractivity contribution in [3.8, 4) is 5.75 Å². The van der Waals surface area contributed by atoms with Crippen LogP contribution in [0.3, 0.4) is 0 Å². The number of hydrogen-bond donors (Lipinski definition) is 2. The van der Waals surface area contributed by atoms with Gasteiger partial charge >= 0.3 is 5.97 Å². The Hall–Kier alpha value is -2.77. The Balaban J connectivity index is 1.85. The van der Waals surface area contributed by atoms with Gasteiger partial charge in [-0.25, -0.2) is 4.79 Å². The summed E-state index contributed by atoms with van der Waals surface area (Å²) in [6, 6.07) is 10.4. The monoisotopic (exact) mass is 396 g/mol. The molecule has 0 aliphatic heterocycles. The number of carbonyl (C=O) groups is 3. The van der Waals surface area contributed by atoms with Gasteiger partial charge in [0.05, 0.1) is 16.3 Å². The maximum Gasteiger partial charge on any atom is 0.338 e. The number of nitrogens with one attached hydrogen (secondary N) is 1. The second-order valence-electron chi connectivity index (χ2n) is 5.03. The molecule has 0 aromatic heterocycles. The van der Waals surface area contributed by atoms with Crippen LogP contribution in [-0.4, -0.2) is 31.0 Å². The van der Waals surface area contributed by atoms with E-state index in [1.807, 2.05) is 0 Å². The number of rotatable bonds is 7. The summed E-state index contributed by atoms with van der Waals surface area (Å²) >= 11 is 11.7. The molecule has 0 fully saturated rings. The number of esters is 1. The molecule has 2 aromatic rings. The minimum absolute atomic E-state index is 0.216. The molecule has 0 heterocycles. The number of ether oxygens (including phenoxy) is 2. The van der Waals surface area contributed by atoms with Crippen LogP contribution in [0.25, 0.3) is 0 Å². The summed E-state index contributed by atoms with van der Waals surface area (Å²) < 4.78 is 10.0. The average Bonchev–Trinajstić information content (AvgIpc) is 2.60. The van der Waals surface area contributed by atoms with Crippen molar-refractivity contribution in [2.75, 3.05) is 18.5 Å². The fraction of sp³-hybridized carbons (Fsp3) is 0.118. The highest BCUT2D eigenvalue weighted by Crippen LogP contribution is 2.25. The summed E-state index contributed by atoms with van der Waals surface area (Å²) in [6.45, 7) is -0.755. The summed E-state index contributed by atoms with van der Waals surface area (Å²) in [6.07, 6.45) is 0. The van der Waals surface area contributed by atoms with Crippen LogP contribution >= 0.6 is 23.2 Å². The first-order valence-corrected chi connectivity index (χ1v) is 8.04. The van der Waals surface area contributed by atoms with Crippen LogP contribution in [0, 0.1) is 0 Å². The van der Waals surface area contributed by atoms with Gasteiger partial charge in [-0.3, -0.25) is 9.59 Å². The van der Waals surface area contributed by atoms with E-state index in [0.717, 1.165) is 0 Å². The summed E-state index contributed by atoms with van der Waals surface area (Å²) in [7, 11) is 0. The molecule has 0 aliphatic carbocycles. The lowest BCUT2D eigenvalue weighted by atomic mass is 10.2. The number of hydrogen-bond acceptors (Lipinski definition) is 5. The molecule has 3 N–H and O–H groups in total. The normalized spacial score (nSPS) is 10.1. The van der Waals surface area contributed by atoms with Crippen LogP contribution in [0.2, 0.25) is 10.0 Å². The van der Waals surface area contributed by atoms with E-state index in [-0.39, 0.29) is 17.2 Å². The molecule has 9 heteroatoms. The van der Waals surface area contributed by atoms with E-state index in [2.05, 4.69) is 5.32 Å². The third-order valence-corrected chi connectivity index (χ3v) is 3.56. The molecule has 0 saturated carbocycles. The zero-order valence-corrected chi connectivity index (χ0v) is 14.8. The summed E-state index contributed by atoms with van der Waals surface area (Å²) in [4.78, 5) is 34.4. The minimum atomic E-state index is -0.691. The second kappa shape index (κ2) is 9.07. The van der Waals surface area contributed by atoms with E-state index in [1.54, 1.807) is 6.07 Å². The Morgan fingerprint density at radius 1 is 1.00 bits per heavy atom. The number of primary amides is 1. The van der Waals surface area contributed by atoms with Gasteiger partial charge in [-0.15, -0.1) is 0 Å². The minimum Gasteiger partial charge on any atom is -0.484 e. The largest absolute Gasteiger partial charge is 0.484 e. The van der Waals surface area contributed by atoms with Crippen molar-refractivity contribution in [2.24, 2.45) is 5.73 Å². The van der Waals surface area contributed by atoms with Gasteiger partial charge in [0.25, 0.3) is 11.8 Å². The predicted octanol–water partition coefficient (Wildman–Crippen LogP) is 2.65. The molecule has 0 saturated heterocycles. The second-order valence-corrected chi connectivity index (χ2v) is 5.87.